The van der Waals surface area contributed by atoms with E-state index in [1.165, 1.54) is 11.2 Å². The minimum absolute atomic E-state index is 0.0198. The maximum Gasteiger partial charge on any atom is 0.407 e. The lowest BCUT2D eigenvalue weighted by molar-refractivity contribution is -0.265. The van der Waals surface area contributed by atoms with Gasteiger partial charge in [0.05, 0.1) is 122 Å². The zero-order valence-electron chi connectivity index (χ0n) is 72.1. The number of nitrogen functional groups attached to an aromatic ring is 2. The van der Waals surface area contributed by atoms with Gasteiger partial charge in [0.1, 0.15) is 60.4 Å². The number of cyclic esters (lactones) is 1. The highest BCUT2D eigenvalue weighted by Crippen LogP contribution is 2.40. The van der Waals surface area contributed by atoms with E-state index >= 15 is 0 Å². The van der Waals surface area contributed by atoms with Crippen molar-refractivity contribution in [1.29, 1.82) is 0 Å². The Morgan fingerprint density at radius 3 is 2.11 bits per heavy atom. The van der Waals surface area contributed by atoms with Crippen molar-refractivity contribution < 1.29 is 110 Å². The van der Waals surface area contributed by atoms with Crippen LogP contribution in [0.4, 0.5) is 16.6 Å². The molecule has 2 aromatic carbocycles. The summed E-state index contributed by atoms with van der Waals surface area (Å²) in [5.41, 5.74) is 19.6. The van der Waals surface area contributed by atoms with Gasteiger partial charge in [-0.15, -0.1) is 0 Å². The van der Waals surface area contributed by atoms with Gasteiger partial charge < -0.3 is 108 Å². The molecule has 5 aliphatic rings. The molecule has 9 N–H and O–H groups in total. The molecule has 3 aromatic heterocycles. The highest BCUT2D eigenvalue weighted by molar-refractivity contribution is 6.39. The second-order valence-electron chi connectivity index (χ2n) is 33.0. The van der Waals surface area contributed by atoms with E-state index in [0.717, 1.165) is 27.8 Å². The summed E-state index contributed by atoms with van der Waals surface area (Å²) in [5, 5.41) is 54.4. The van der Waals surface area contributed by atoms with Crippen molar-refractivity contribution >= 4 is 69.4 Å². The number of ketones is 2. The van der Waals surface area contributed by atoms with E-state index in [1.807, 2.05) is 74.0 Å². The number of esters is 1. The largest absolute Gasteiger partial charge is 0.460 e. The lowest BCUT2D eigenvalue weighted by atomic mass is 9.78. The van der Waals surface area contributed by atoms with Gasteiger partial charge in [0.25, 0.3) is 17.7 Å². The first-order valence-corrected chi connectivity index (χ1v) is 43.0. The number of piperidine rings is 1. The molecule has 33 heteroatoms. The Morgan fingerprint density at radius 2 is 1.42 bits per heavy atom. The van der Waals surface area contributed by atoms with Gasteiger partial charge in [0.2, 0.25) is 11.7 Å². The van der Waals surface area contributed by atoms with E-state index in [4.69, 9.17) is 77.8 Å². The summed E-state index contributed by atoms with van der Waals surface area (Å²) in [6, 6.07) is 10.6. The van der Waals surface area contributed by atoms with Crippen LogP contribution in [0.2, 0.25) is 0 Å². The Balaban J connectivity index is 0.627. The first-order chi connectivity index (χ1) is 58.7. The number of Topliss-reactive ketones (excluding diaryl/α,β-unsaturated/α-hetero) is 2. The van der Waals surface area contributed by atoms with Crippen LogP contribution in [0.15, 0.2) is 94.7 Å². The third-order valence-corrected chi connectivity index (χ3v) is 23.8. The van der Waals surface area contributed by atoms with Crippen molar-refractivity contribution in [2.45, 2.75) is 206 Å². The predicted molar refractivity (Wildman–Crippen MR) is 451 cm³/mol. The minimum atomic E-state index is -2.50. The number of ether oxygens (including phenoxy) is 12. The molecule has 2 saturated heterocycles. The Kier molecular flexibility index (Phi) is 37.3. The topological polar surface area (TPSA) is 434 Å². The molecule has 122 heavy (non-hydrogen) atoms. The average molecular weight is 1710 g/mol. The van der Waals surface area contributed by atoms with E-state index in [2.05, 4.69) is 32.4 Å². The zero-order chi connectivity index (χ0) is 87.4. The van der Waals surface area contributed by atoms with Crippen LogP contribution in [0.5, 0.6) is 0 Å². The smallest absolute Gasteiger partial charge is 0.407 e. The van der Waals surface area contributed by atoms with Crippen molar-refractivity contribution in [3.05, 3.63) is 107 Å². The molecule has 1 saturated carbocycles. The normalized spacial score (nSPS) is 27.5. The summed E-state index contributed by atoms with van der Waals surface area (Å²) in [6.07, 6.45) is 9.19. The van der Waals surface area contributed by atoms with Crippen LogP contribution in [0.3, 0.4) is 0 Å². The molecule has 0 unspecified atom stereocenters. The van der Waals surface area contributed by atoms with E-state index in [9.17, 15) is 49.2 Å². The number of nitrogens with two attached hydrogens (primary N) is 2. The number of carbonyl (C=O) groups is 6. The number of allylic oxidation sites excluding steroid dienone is 5. The molecular formula is C89H128N10O23. The van der Waals surface area contributed by atoms with Crippen LogP contribution < -0.4 is 16.8 Å². The predicted octanol–water partition coefficient (Wildman–Crippen LogP) is 7.91. The standard InChI is InChI=1S/C89H128N10O23/c1-55-15-11-10-12-16-56(2)72(110-8)49-67-23-18-61(7)89(109,122-67)82(105)85(106)98-28-14-13-17-69(98)86(107)119-73(58(4)45-62-20-24-70(100)75(47-62)111-9)50-74(57(3)44-60(6)80(103)81(104)79(102)59(5)43-55)121-88(108)92-27-30-112-31-32-113-33-34-114-35-36-115-37-38-116-39-40-117-41-42-118-53-76(101)97-29-26-64-46-63(19-21-66(64)52-97)51-99-84-77(83(90)93-54-94-84)78(96-99)65-22-25-71-68(48-65)95-87(91)120-71/h10-12,15-16,19,21-22,25,44,46,48,54-55,57-59,61-62,67,69-70,72-75,80-81,100,103-104,109H,13-14,17-18,20,23-24,26-43,45,47,49-53H2,1-9H3,(H2,91,95)(H,92,108)(H2,90,93,94)/b12-10?,15-11+,56-16?,60-44+/t55-,57-,58-,59-,61-,62+,67+,69+,70-,72+,73+,74-,75-,80-,81+,89-/m1/s1. The number of nitrogens with zero attached hydrogens (tertiary/aromatic N) is 7. The van der Waals surface area contributed by atoms with Crippen LogP contribution in [-0.2, 0) is 100 Å². The van der Waals surface area contributed by atoms with Gasteiger partial charge in [0.15, 0.2) is 17.0 Å². The molecule has 1 aliphatic carbocycles. The van der Waals surface area contributed by atoms with E-state index in [1.54, 1.807) is 59.0 Å². The highest BCUT2D eigenvalue weighted by atomic mass is 16.6. The van der Waals surface area contributed by atoms with Crippen molar-refractivity contribution in [2.24, 2.45) is 35.5 Å². The van der Waals surface area contributed by atoms with Crippen molar-refractivity contribution in [1.82, 2.24) is 39.8 Å². The molecule has 672 valence electrons. The number of methoxy groups -OCH3 is 2. The number of amides is 3. The zero-order valence-corrected chi connectivity index (χ0v) is 72.1. The van der Waals surface area contributed by atoms with Gasteiger partial charge in [-0.1, -0.05) is 89.3 Å². The first-order valence-electron chi connectivity index (χ1n) is 43.0. The third-order valence-electron chi connectivity index (χ3n) is 23.8. The van der Waals surface area contributed by atoms with Crippen molar-refractivity contribution in [3.8, 4) is 11.3 Å². The number of aromatic nitrogens is 5. The molecule has 16 atom stereocenters. The number of alkyl carbamates (subject to hydrolysis) is 1. The fourth-order valence-electron chi connectivity index (χ4n) is 16.7. The average Bonchev–Trinajstić information content (AvgIpc) is 1.68. The number of nitrogens with one attached hydrogen (secondary N) is 1. The highest BCUT2D eigenvalue weighted by Gasteiger charge is 2.53. The fraction of sp³-hybridized carbons (Fsp3) is 0.640. The van der Waals surface area contributed by atoms with Crippen molar-refractivity contribution in [3.63, 3.8) is 0 Å². The Morgan fingerprint density at radius 1 is 0.721 bits per heavy atom. The number of benzene rings is 2. The molecule has 3 fully saturated rings. The van der Waals surface area contributed by atoms with E-state index < -0.39 is 114 Å². The van der Waals surface area contributed by atoms with Gasteiger partial charge in [-0.05, 0) is 148 Å². The van der Waals surface area contributed by atoms with Crippen molar-refractivity contribution in [2.75, 3.05) is 138 Å². The molecule has 4 aliphatic heterocycles. The molecule has 10 rings (SSSR count). The molecule has 2 bridgehead atoms. The molecule has 5 aromatic rings. The lowest BCUT2D eigenvalue weighted by Crippen LogP contribution is -2.61. The number of fused-ring (bicyclic) bond motifs is 6. The molecule has 3 amide bonds. The van der Waals surface area contributed by atoms with Gasteiger partial charge in [0, 0.05) is 76.6 Å². The van der Waals surface area contributed by atoms with E-state index in [0.29, 0.717) is 177 Å². The van der Waals surface area contributed by atoms with Crippen LogP contribution in [0.1, 0.15) is 142 Å². The quantitative estimate of drug-likeness (QED) is 0.00930. The van der Waals surface area contributed by atoms with Gasteiger partial charge in [-0.2, -0.15) is 10.1 Å². The molecular weight excluding hydrogens is 1580 g/mol. The number of hydrogen-bond acceptors (Lipinski definition) is 29. The van der Waals surface area contributed by atoms with Crippen LogP contribution in [-0.4, -0.2) is 277 Å². The van der Waals surface area contributed by atoms with Crippen LogP contribution in [0, 0.1) is 35.5 Å². The monoisotopic (exact) mass is 1700 g/mol. The third kappa shape index (κ3) is 27.0. The fourth-order valence-corrected chi connectivity index (χ4v) is 16.7. The number of aliphatic hydroxyl groups excluding tert-OH is 3. The Bertz CT molecular complexity index is 4360. The number of carbonyl (C=O) groups excluding carboxylic acids is 6. The summed E-state index contributed by atoms with van der Waals surface area (Å²) in [4.78, 5) is 101. The number of hydrogen-bond donors (Lipinski definition) is 7. The van der Waals surface area contributed by atoms with Crippen LogP contribution in [0.25, 0.3) is 33.4 Å². The minimum Gasteiger partial charge on any atom is -0.460 e. The number of aliphatic hydroxyl groups is 4. The van der Waals surface area contributed by atoms with Gasteiger partial charge in [-0.25, -0.2) is 24.2 Å². The second kappa shape index (κ2) is 47.5. The van der Waals surface area contributed by atoms with Gasteiger partial charge in [-0.3, -0.25) is 19.2 Å². The number of anilines is 2. The summed E-state index contributed by atoms with van der Waals surface area (Å²) in [7, 11) is 3.11. The Hall–Kier alpha value is -8.52. The van der Waals surface area contributed by atoms with E-state index in [-0.39, 0.29) is 94.7 Å². The number of rotatable bonds is 32. The summed E-state index contributed by atoms with van der Waals surface area (Å²) < 4.78 is 77.6. The first kappa shape index (κ1) is 95.7. The molecule has 33 nitrogen and oxygen atoms in total. The second-order valence-corrected chi connectivity index (χ2v) is 33.0. The summed E-state index contributed by atoms with van der Waals surface area (Å²) in [5.74, 6) is -8.57. The molecule has 7 heterocycles. The summed E-state index contributed by atoms with van der Waals surface area (Å²) in [6.45, 7) is 17.7. The summed E-state index contributed by atoms with van der Waals surface area (Å²) >= 11 is 0. The maximum atomic E-state index is 15.0. The number of oxazole rings is 1. The molecule has 0 radical (unpaired) electrons. The Labute approximate surface area is 713 Å². The lowest BCUT2D eigenvalue weighted by Gasteiger charge is -2.43. The van der Waals surface area contributed by atoms with Gasteiger partial charge >= 0.3 is 12.1 Å². The SMILES string of the molecule is CO[C@H]1C[C@@H]2CC[C@@H](C)[C@@](O)(O2)C(=O)C(=O)N2CCCC[C@H]2C(=O)O[C@H]([C@H](C)C[C@@H]2CC[C@@H](O)[C@H](OC)C2)C[C@@H](OC(=O)NCCOCCOCCOCCOCCOCCOCCOCC(=O)N2CCc3cc(Cn4nc(-c5ccc6oc(N)nc6c5)c5c(N)ncnc54)ccc3C2)[C@H](C)/C=C(\C)[C@@H](O)[C@@H](O)C(=O)[C@H](C)C[C@H](C)/C=C/C=CC=C1C. The van der Waals surface area contributed by atoms with Crippen LogP contribution >= 0.6 is 0 Å². The maximum absolute atomic E-state index is 15.0. The molecule has 0 spiro atoms.